The van der Waals surface area contributed by atoms with Crippen molar-refractivity contribution in [1.29, 1.82) is 0 Å². The van der Waals surface area contributed by atoms with Gasteiger partial charge in [0.25, 0.3) is 12.1 Å². The van der Waals surface area contributed by atoms with E-state index >= 15 is 0 Å². The van der Waals surface area contributed by atoms with Gasteiger partial charge in [-0.15, -0.1) is 0 Å². The fraction of sp³-hybridized carbons (Fsp3) is 0.417. The van der Waals surface area contributed by atoms with Gasteiger partial charge in [-0.25, -0.2) is 8.78 Å². The number of ketones is 1. The number of nitro groups is 1. The molecule has 0 radical (unpaired) electrons. The van der Waals surface area contributed by atoms with Crippen molar-refractivity contribution >= 4 is 17.2 Å². The fourth-order valence-corrected chi connectivity index (χ4v) is 1.79. The topological polar surface area (TPSA) is 83.7 Å². The number of carbonyl (C=O) groups excluding carboxylic acids is 1. The van der Waals surface area contributed by atoms with Gasteiger partial charge in [0.15, 0.2) is 5.78 Å². The summed E-state index contributed by atoms with van der Waals surface area (Å²) in [5.74, 6) is -0.471. The number of halogens is 2. The molecule has 0 heterocycles. The molecule has 0 saturated heterocycles. The summed E-state index contributed by atoms with van der Waals surface area (Å²) < 4.78 is 25.0. The summed E-state index contributed by atoms with van der Waals surface area (Å²) in [5, 5.41) is 19.6. The smallest absolute Gasteiger partial charge is 0.270 e. The molecular weight excluding hydrogens is 274 g/mol. The summed E-state index contributed by atoms with van der Waals surface area (Å²) >= 11 is 0. The van der Waals surface area contributed by atoms with Crippen LogP contribution in [0.4, 0.5) is 20.2 Å². The van der Waals surface area contributed by atoms with Crippen LogP contribution in [0.3, 0.4) is 0 Å². The Bertz CT molecular complexity index is 508. The van der Waals surface area contributed by atoms with E-state index in [0.717, 1.165) is 17.0 Å². The van der Waals surface area contributed by atoms with Gasteiger partial charge in [-0.2, -0.15) is 0 Å². The van der Waals surface area contributed by atoms with E-state index in [2.05, 4.69) is 0 Å². The van der Waals surface area contributed by atoms with Crippen LogP contribution >= 0.6 is 0 Å². The Balaban J connectivity index is 3.25. The zero-order valence-electron chi connectivity index (χ0n) is 10.8. The summed E-state index contributed by atoms with van der Waals surface area (Å²) in [4.78, 5) is 22.7. The third-order valence-electron chi connectivity index (χ3n) is 2.64. The Morgan fingerprint density at radius 2 is 2.15 bits per heavy atom. The van der Waals surface area contributed by atoms with E-state index in [-0.39, 0.29) is 30.1 Å². The van der Waals surface area contributed by atoms with Crippen LogP contribution in [0.2, 0.25) is 0 Å². The van der Waals surface area contributed by atoms with Crippen molar-refractivity contribution in [1.82, 2.24) is 0 Å². The van der Waals surface area contributed by atoms with Crippen LogP contribution in [0.5, 0.6) is 0 Å². The lowest BCUT2D eigenvalue weighted by molar-refractivity contribution is -0.384. The predicted octanol–water partition coefficient (Wildman–Crippen LogP) is 1.86. The molecule has 0 bridgehead atoms. The van der Waals surface area contributed by atoms with Crippen LogP contribution in [0.1, 0.15) is 17.3 Å². The van der Waals surface area contributed by atoms with E-state index in [1.807, 2.05) is 0 Å². The summed E-state index contributed by atoms with van der Waals surface area (Å²) in [6.07, 6.45) is -2.66. The number of hydrogen-bond donors (Lipinski definition) is 1. The van der Waals surface area contributed by atoms with E-state index < -0.39 is 23.7 Å². The first kappa shape index (κ1) is 16.0. The van der Waals surface area contributed by atoms with Gasteiger partial charge in [-0.05, 0) is 13.0 Å². The summed E-state index contributed by atoms with van der Waals surface area (Å²) in [6, 6.07) is 3.43. The van der Waals surface area contributed by atoms with Crippen molar-refractivity contribution in [2.24, 2.45) is 0 Å². The molecule has 0 unspecified atom stereocenters. The highest BCUT2D eigenvalue weighted by molar-refractivity contribution is 6.00. The molecule has 1 aromatic carbocycles. The number of benzene rings is 1. The van der Waals surface area contributed by atoms with Crippen molar-refractivity contribution < 1.29 is 23.6 Å². The van der Waals surface area contributed by atoms with Crippen LogP contribution in [0.15, 0.2) is 18.2 Å². The van der Waals surface area contributed by atoms with Gasteiger partial charge in [-0.3, -0.25) is 14.9 Å². The number of nitrogens with zero attached hydrogens (tertiary/aromatic N) is 2. The number of carbonyl (C=O) groups is 1. The molecule has 20 heavy (non-hydrogen) atoms. The lowest BCUT2D eigenvalue weighted by Crippen LogP contribution is -2.32. The molecule has 1 aromatic rings. The fourth-order valence-electron chi connectivity index (χ4n) is 1.79. The third kappa shape index (κ3) is 3.95. The Morgan fingerprint density at radius 3 is 2.60 bits per heavy atom. The molecule has 0 aliphatic rings. The number of aliphatic hydroxyl groups excluding tert-OH is 1. The Kier molecular flexibility index (Phi) is 5.51. The van der Waals surface area contributed by atoms with Crippen molar-refractivity contribution in [2.45, 2.75) is 13.3 Å². The minimum Gasteiger partial charge on any atom is -0.395 e. The largest absolute Gasteiger partial charge is 0.395 e. The summed E-state index contributed by atoms with van der Waals surface area (Å²) in [5.41, 5.74) is -0.161. The van der Waals surface area contributed by atoms with Gasteiger partial charge in [0.2, 0.25) is 0 Å². The number of aliphatic hydroxyl groups is 1. The molecule has 0 fully saturated rings. The normalized spacial score (nSPS) is 10.7. The average molecular weight is 288 g/mol. The van der Waals surface area contributed by atoms with E-state index in [0.29, 0.717) is 0 Å². The number of hydrogen-bond acceptors (Lipinski definition) is 5. The Hall–Kier alpha value is -2.09. The number of anilines is 1. The van der Waals surface area contributed by atoms with Crippen LogP contribution in [-0.2, 0) is 0 Å². The first-order chi connectivity index (χ1) is 9.36. The molecule has 0 saturated carbocycles. The lowest BCUT2D eigenvalue weighted by atomic mass is 10.1. The number of alkyl halides is 2. The number of Topliss-reactive ketones (excluding diaryl/α,β-unsaturated/α-hetero) is 1. The minimum atomic E-state index is -2.66. The van der Waals surface area contributed by atoms with Gasteiger partial charge in [0, 0.05) is 29.9 Å². The highest BCUT2D eigenvalue weighted by Crippen LogP contribution is 2.26. The van der Waals surface area contributed by atoms with Crippen molar-refractivity contribution in [3.63, 3.8) is 0 Å². The average Bonchev–Trinajstić information content (AvgIpc) is 2.36. The maximum atomic E-state index is 12.5. The molecular formula is C12H14F2N2O4. The van der Waals surface area contributed by atoms with Gasteiger partial charge < -0.3 is 10.0 Å². The molecule has 0 spiro atoms. The molecule has 0 amide bonds. The molecule has 1 N–H and O–H groups in total. The quantitative estimate of drug-likeness (QED) is 0.470. The molecule has 8 heteroatoms. The SMILES string of the molecule is CC(=O)c1cc([N+](=O)[O-])ccc1N(CCO)CC(F)F. The number of rotatable bonds is 7. The zero-order chi connectivity index (χ0) is 15.3. The molecule has 110 valence electrons. The van der Waals surface area contributed by atoms with Crippen molar-refractivity contribution in [2.75, 3.05) is 24.6 Å². The first-order valence-electron chi connectivity index (χ1n) is 5.80. The van der Waals surface area contributed by atoms with Crippen LogP contribution < -0.4 is 4.90 Å². The molecule has 0 aliphatic heterocycles. The van der Waals surface area contributed by atoms with Gasteiger partial charge >= 0.3 is 0 Å². The highest BCUT2D eigenvalue weighted by Gasteiger charge is 2.20. The zero-order valence-corrected chi connectivity index (χ0v) is 10.8. The van der Waals surface area contributed by atoms with E-state index in [9.17, 15) is 23.7 Å². The van der Waals surface area contributed by atoms with Crippen LogP contribution in [-0.4, -0.2) is 41.9 Å². The number of nitro benzene ring substituents is 1. The highest BCUT2D eigenvalue weighted by atomic mass is 19.3. The summed E-state index contributed by atoms with van der Waals surface area (Å²) in [6.45, 7) is 0.0597. The molecule has 1 rings (SSSR count). The molecule has 0 aromatic heterocycles. The van der Waals surface area contributed by atoms with E-state index in [4.69, 9.17) is 5.11 Å². The molecule has 6 nitrogen and oxygen atoms in total. The monoisotopic (exact) mass is 288 g/mol. The Labute approximate surface area is 113 Å². The second-order valence-corrected chi connectivity index (χ2v) is 4.08. The maximum Gasteiger partial charge on any atom is 0.270 e. The van der Waals surface area contributed by atoms with Crippen molar-refractivity contribution in [3.8, 4) is 0 Å². The van der Waals surface area contributed by atoms with Crippen LogP contribution in [0.25, 0.3) is 0 Å². The van der Waals surface area contributed by atoms with Gasteiger partial charge in [-0.1, -0.05) is 0 Å². The standard InChI is InChI=1S/C12H14F2N2O4/c1-8(18)10-6-9(16(19)20)2-3-11(10)15(4-5-17)7-12(13)14/h2-3,6,12,17H,4-5,7H2,1H3. The minimum absolute atomic E-state index is 0.0201. The van der Waals surface area contributed by atoms with Crippen molar-refractivity contribution in [3.05, 3.63) is 33.9 Å². The van der Waals surface area contributed by atoms with Gasteiger partial charge in [0.05, 0.1) is 18.1 Å². The second kappa shape index (κ2) is 6.90. The van der Waals surface area contributed by atoms with Crippen LogP contribution in [0, 0.1) is 10.1 Å². The number of non-ortho nitro benzene ring substituents is 1. The lowest BCUT2D eigenvalue weighted by Gasteiger charge is -2.25. The predicted molar refractivity (Wildman–Crippen MR) is 68.4 cm³/mol. The molecule has 0 atom stereocenters. The van der Waals surface area contributed by atoms with E-state index in [1.165, 1.54) is 13.0 Å². The maximum absolute atomic E-state index is 12.5. The Morgan fingerprint density at radius 1 is 1.50 bits per heavy atom. The van der Waals surface area contributed by atoms with E-state index in [1.54, 1.807) is 0 Å². The third-order valence-corrected chi connectivity index (χ3v) is 2.64. The molecule has 0 aliphatic carbocycles. The summed E-state index contributed by atoms with van der Waals surface area (Å²) in [7, 11) is 0. The van der Waals surface area contributed by atoms with Gasteiger partial charge in [0.1, 0.15) is 0 Å². The first-order valence-corrected chi connectivity index (χ1v) is 5.80. The second-order valence-electron chi connectivity index (χ2n) is 4.08.